The molecule has 0 saturated carbocycles. The summed E-state index contributed by atoms with van der Waals surface area (Å²) in [5, 5.41) is 0. The quantitative estimate of drug-likeness (QED) is 0.602. The highest BCUT2D eigenvalue weighted by Gasteiger charge is 2.34. The second kappa shape index (κ2) is 8.68. The van der Waals surface area contributed by atoms with Crippen molar-refractivity contribution in [3.63, 3.8) is 0 Å². The molecular weight excluding hydrogens is 397 g/mol. The lowest BCUT2D eigenvalue weighted by Crippen LogP contribution is -2.40. The molecule has 0 fully saturated rings. The van der Waals surface area contributed by atoms with E-state index in [-0.39, 0.29) is 17.8 Å². The summed E-state index contributed by atoms with van der Waals surface area (Å²) in [5.41, 5.74) is 3.47. The van der Waals surface area contributed by atoms with Gasteiger partial charge >= 0.3 is 0 Å². The number of halogens is 1. The highest BCUT2D eigenvalue weighted by Crippen LogP contribution is 2.41. The van der Waals surface area contributed by atoms with Crippen LogP contribution in [-0.2, 0) is 6.42 Å². The van der Waals surface area contributed by atoms with Crippen LogP contribution in [0.3, 0.4) is 0 Å². The monoisotopic (exact) mass is 421 g/mol. The van der Waals surface area contributed by atoms with Gasteiger partial charge in [-0.25, -0.2) is 4.39 Å². The number of methoxy groups -OCH3 is 3. The number of amides is 1. The summed E-state index contributed by atoms with van der Waals surface area (Å²) in [4.78, 5) is 15.3. The van der Waals surface area contributed by atoms with Gasteiger partial charge in [-0.3, -0.25) is 4.79 Å². The molecule has 3 aromatic carbocycles. The van der Waals surface area contributed by atoms with Crippen LogP contribution in [0.5, 0.6) is 17.2 Å². The van der Waals surface area contributed by atoms with Gasteiger partial charge in [0.25, 0.3) is 5.91 Å². The molecule has 160 valence electrons. The Morgan fingerprint density at radius 1 is 0.903 bits per heavy atom. The lowest BCUT2D eigenvalue weighted by molar-refractivity contribution is 0.0694. The zero-order valence-electron chi connectivity index (χ0n) is 17.7. The molecule has 0 aliphatic carbocycles. The van der Waals surface area contributed by atoms with Crippen molar-refractivity contribution in [2.75, 3.05) is 27.9 Å². The van der Waals surface area contributed by atoms with Crippen LogP contribution in [0.4, 0.5) is 4.39 Å². The largest absolute Gasteiger partial charge is 0.497 e. The van der Waals surface area contributed by atoms with Gasteiger partial charge in [-0.1, -0.05) is 12.1 Å². The number of hydrogen-bond acceptors (Lipinski definition) is 4. The molecule has 4 rings (SSSR count). The smallest absolute Gasteiger partial charge is 0.254 e. The SMILES string of the molecule is COc1ccc([C@H]2c3cc(OC)c(OC)cc3CCN2C(=O)c2ccc(F)cc2)cc1. The van der Waals surface area contributed by atoms with E-state index >= 15 is 0 Å². The van der Waals surface area contributed by atoms with Crippen LogP contribution in [-0.4, -0.2) is 38.7 Å². The van der Waals surface area contributed by atoms with Gasteiger partial charge in [0, 0.05) is 12.1 Å². The van der Waals surface area contributed by atoms with Gasteiger partial charge in [-0.05, 0) is 71.6 Å². The van der Waals surface area contributed by atoms with Crippen LogP contribution < -0.4 is 14.2 Å². The van der Waals surface area contributed by atoms with Crippen LogP contribution in [0.25, 0.3) is 0 Å². The molecule has 6 heteroatoms. The number of rotatable bonds is 5. The lowest BCUT2D eigenvalue weighted by Gasteiger charge is -2.38. The van der Waals surface area contributed by atoms with Gasteiger partial charge < -0.3 is 19.1 Å². The van der Waals surface area contributed by atoms with Gasteiger partial charge in [-0.15, -0.1) is 0 Å². The Hall–Kier alpha value is -3.54. The minimum Gasteiger partial charge on any atom is -0.497 e. The standard InChI is InChI=1S/C25H24FNO4/c1-29-20-10-6-16(7-11-20)24-21-15-23(31-3)22(30-2)14-18(21)12-13-27(24)25(28)17-4-8-19(26)9-5-17/h4-11,14-15,24H,12-13H2,1-3H3/t24-/m0/s1. The molecule has 1 amide bonds. The first-order chi connectivity index (χ1) is 15.0. The Morgan fingerprint density at radius 3 is 2.16 bits per heavy atom. The predicted octanol–water partition coefficient (Wildman–Crippen LogP) is 4.64. The fraction of sp³-hybridized carbons (Fsp3) is 0.240. The van der Waals surface area contributed by atoms with Gasteiger partial charge in [0.2, 0.25) is 0 Å². The van der Waals surface area contributed by atoms with Gasteiger partial charge in [-0.2, -0.15) is 0 Å². The molecule has 0 aromatic heterocycles. The van der Waals surface area contributed by atoms with Crippen molar-refractivity contribution in [2.45, 2.75) is 12.5 Å². The molecule has 3 aromatic rings. The average molecular weight is 421 g/mol. The average Bonchev–Trinajstić information content (AvgIpc) is 2.82. The molecule has 1 atom stereocenters. The van der Waals surface area contributed by atoms with Crippen molar-refractivity contribution >= 4 is 5.91 Å². The van der Waals surface area contributed by atoms with E-state index in [9.17, 15) is 9.18 Å². The highest BCUT2D eigenvalue weighted by molar-refractivity contribution is 5.95. The topological polar surface area (TPSA) is 48.0 Å². The Morgan fingerprint density at radius 2 is 1.55 bits per heavy atom. The first-order valence-electron chi connectivity index (χ1n) is 10.0. The fourth-order valence-corrected chi connectivity index (χ4v) is 4.07. The van der Waals surface area contributed by atoms with E-state index in [1.807, 2.05) is 41.3 Å². The lowest BCUT2D eigenvalue weighted by atomic mass is 9.87. The highest BCUT2D eigenvalue weighted by atomic mass is 19.1. The van der Waals surface area contributed by atoms with Gasteiger partial charge in [0.1, 0.15) is 11.6 Å². The Kier molecular flexibility index (Phi) is 5.80. The normalized spacial score (nSPS) is 15.2. The molecule has 0 spiro atoms. The molecule has 1 aliphatic rings. The summed E-state index contributed by atoms with van der Waals surface area (Å²) in [6, 6.07) is 16.9. The molecule has 1 aliphatic heterocycles. The Labute approximate surface area is 181 Å². The summed E-state index contributed by atoms with van der Waals surface area (Å²) >= 11 is 0. The third-order valence-corrected chi connectivity index (χ3v) is 5.66. The maximum Gasteiger partial charge on any atom is 0.254 e. The van der Waals surface area contributed by atoms with E-state index in [0.717, 1.165) is 22.4 Å². The summed E-state index contributed by atoms with van der Waals surface area (Å²) < 4.78 is 29.7. The number of nitrogens with zero attached hydrogens (tertiary/aromatic N) is 1. The van der Waals surface area contributed by atoms with Crippen molar-refractivity contribution in [3.05, 3.63) is 88.7 Å². The van der Waals surface area contributed by atoms with Crippen LogP contribution in [0.15, 0.2) is 60.7 Å². The van der Waals surface area contributed by atoms with Crippen molar-refractivity contribution < 1.29 is 23.4 Å². The predicted molar refractivity (Wildman–Crippen MR) is 116 cm³/mol. The van der Waals surface area contributed by atoms with E-state index < -0.39 is 0 Å². The third-order valence-electron chi connectivity index (χ3n) is 5.66. The zero-order chi connectivity index (χ0) is 22.0. The molecule has 31 heavy (non-hydrogen) atoms. The van der Waals surface area contributed by atoms with E-state index in [1.165, 1.54) is 24.3 Å². The molecule has 0 unspecified atom stereocenters. The number of carbonyl (C=O) groups is 1. The second-order valence-electron chi connectivity index (χ2n) is 7.34. The number of carbonyl (C=O) groups excluding carboxylic acids is 1. The molecule has 0 radical (unpaired) electrons. The molecule has 5 nitrogen and oxygen atoms in total. The van der Waals surface area contributed by atoms with Crippen LogP contribution in [0.2, 0.25) is 0 Å². The van der Waals surface area contributed by atoms with Crippen LogP contribution in [0.1, 0.15) is 33.1 Å². The maximum absolute atomic E-state index is 13.4. The summed E-state index contributed by atoms with van der Waals surface area (Å²) in [6.45, 7) is 0.523. The van der Waals surface area contributed by atoms with E-state index in [2.05, 4.69) is 0 Å². The fourth-order valence-electron chi connectivity index (χ4n) is 4.07. The summed E-state index contributed by atoms with van der Waals surface area (Å²) in [5.74, 6) is 1.48. The minimum atomic E-state index is -0.371. The molecule has 1 heterocycles. The molecule has 0 bridgehead atoms. The first-order valence-corrected chi connectivity index (χ1v) is 10.0. The van der Waals surface area contributed by atoms with E-state index in [1.54, 1.807) is 21.3 Å². The Bertz CT molecular complexity index is 1080. The number of benzene rings is 3. The number of ether oxygens (including phenoxy) is 3. The van der Waals surface area contributed by atoms with Crippen molar-refractivity contribution in [1.29, 1.82) is 0 Å². The molecular formula is C25H24FNO4. The second-order valence-corrected chi connectivity index (χ2v) is 7.34. The number of hydrogen-bond donors (Lipinski definition) is 0. The van der Waals surface area contributed by atoms with Crippen LogP contribution >= 0.6 is 0 Å². The zero-order valence-corrected chi connectivity index (χ0v) is 17.7. The molecule has 0 N–H and O–H groups in total. The van der Waals surface area contributed by atoms with Crippen molar-refractivity contribution in [1.82, 2.24) is 4.90 Å². The van der Waals surface area contributed by atoms with Gasteiger partial charge in [0.15, 0.2) is 11.5 Å². The maximum atomic E-state index is 13.4. The van der Waals surface area contributed by atoms with Crippen molar-refractivity contribution in [2.24, 2.45) is 0 Å². The minimum absolute atomic E-state index is 0.152. The summed E-state index contributed by atoms with van der Waals surface area (Å²) in [6.07, 6.45) is 0.676. The van der Waals surface area contributed by atoms with Crippen molar-refractivity contribution in [3.8, 4) is 17.2 Å². The van der Waals surface area contributed by atoms with E-state index in [4.69, 9.17) is 14.2 Å². The Balaban J connectivity index is 1.83. The number of fused-ring (bicyclic) bond motifs is 1. The first kappa shape index (κ1) is 20.7. The molecule has 0 saturated heterocycles. The van der Waals surface area contributed by atoms with E-state index in [0.29, 0.717) is 30.0 Å². The van der Waals surface area contributed by atoms with Gasteiger partial charge in [0.05, 0.1) is 27.4 Å². The van der Waals surface area contributed by atoms with Crippen LogP contribution in [0, 0.1) is 5.82 Å². The summed E-state index contributed by atoms with van der Waals surface area (Å²) in [7, 11) is 4.82. The third kappa shape index (κ3) is 3.93.